The SMILES string of the molecule is Nc1nc2cc(Cl)c(OC(F)F)cc2s1. The molecule has 2 aromatic rings. The summed E-state index contributed by atoms with van der Waals surface area (Å²) in [6.45, 7) is -2.90. The second-order valence-corrected chi connectivity index (χ2v) is 4.15. The van der Waals surface area contributed by atoms with Gasteiger partial charge in [-0.1, -0.05) is 22.9 Å². The van der Waals surface area contributed by atoms with E-state index in [1.165, 1.54) is 23.5 Å². The van der Waals surface area contributed by atoms with Gasteiger partial charge in [-0.15, -0.1) is 0 Å². The Morgan fingerprint density at radius 3 is 2.87 bits per heavy atom. The maximum atomic E-state index is 12.0. The molecule has 0 aliphatic carbocycles. The van der Waals surface area contributed by atoms with Crippen LogP contribution in [0.25, 0.3) is 10.2 Å². The van der Waals surface area contributed by atoms with Crippen molar-refractivity contribution in [3.05, 3.63) is 17.2 Å². The second kappa shape index (κ2) is 3.79. The van der Waals surface area contributed by atoms with Gasteiger partial charge in [-0.2, -0.15) is 8.78 Å². The molecule has 0 atom stereocenters. The fourth-order valence-electron chi connectivity index (χ4n) is 1.13. The Bertz CT molecular complexity index is 503. The minimum absolute atomic E-state index is 0.0668. The summed E-state index contributed by atoms with van der Waals surface area (Å²) < 4.78 is 28.9. The number of rotatable bonds is 2. The lowest BCUT2D eigenvalue weighted by Crippen LogP contribution is -2.02. The van der Waals surface area contributed by atoms with Gasteiger partial charge in [0.25, 0.3) is 0 Å². The largest absolute Gasteiger partial charge is 0.433 e. The predicted octanol–water partition coefficient (Wildman–Crippen LogP) is 3.13. The number of nitrogens with zero attached hydrogens (tertiary/aromatic N) is 1. The van der Waals surface area contributed by atoms with Gasteiger partial charge in [0.15, 0.2) is 5.13 Å². The molecule has 0 saturated heterocycles. The van der Waals surface area contributed by atoms with Gasteiger partial charge in [0.1, 0.15) is 5.75 Å². The highest BCUT2D eigenvalue weighted by atomic mass is 35.5. The standard InChI is InChI=1S/C8H5ClF2N2OS/c9-3-1-4-6(15-8(12)13-4)2-5(3)14-7(10)11/h1-2,7H,(H2,12,13). The lowest BCUT2D eigenvalue weighted by atomic mass is 10.3. The van der Waals surface area contributed by atoms with E-state index in [1.54, 1.807) is 0 Å². The van der Waals surface area contributed by atoms with Crippen LogP contribution in [-0.4, -0.2) is 11.6 Å². The fraction of sp³-hybridized carbons (Fsp3) is 0.125. The van der Waals surface area contributed by atoms with Crippen LogP contribution in [0.15, 0.2) is 12.1 Å². The minimum Gasteiger partial charge on any atom is -0.433 e. The molecule has 15 heavy (non-hydrogen) atoms. The van der Waals surface area contributed by atoms with Crippen molar-refractivity contribution in [2.75, 3.05) is 5.73 Å². The molecule has 80 valence electrons. The quantitative estimate of drug-likeness (QED) is 0.891. The van der Waals surface area contributed by atoms with Crippen molar-refractivity contribution in [3.63, 3.8) is 0 Å². The summed E-state index contributed by atoms with van der Waals surface area (Å²) in [7, 11) is 0. The molecule has 3 nitrogen and oxygen atoms in total. The van der Waals surface area contributed by atoms with Gasteiger partial charge in [-0.25, -0.2) is 4.98 Å². The monoisotopic (exact) mass is 250 g/mol. The molecule has 0 unspecified atom stereocenters. The van der Waals surface area contributed by atoms with Gasteiger partial charge in [-0.3, -0.25) is 0 Å². The number of alkyl halides is 2. The first-order valence-electron chi connectivity index (χ1n) is 3.86. The molecule has 0 aliphatic rings. The Kier molecular flexibility index (Phi) is 2.62. The smallest absolute Gasteiger partial charge is 0.387 e. The number of ether oxygens (including phenoxy) is 1. The Labute approximate surface area is 92.4 Å². The summed E-state index contributed by atoms with van der Waals surface area (Å²) >= 11 is 6.91. The summed E-state index contributed by atoms with van der Waals surface area (Å²) in [5, 5.41) is 0.448. The van der Waals surface area contributed by atoms with E-state index in [4.69, 9.17) is 17.3 Å². The number of hydrogen-bond donors (Lipinski definition) is 1. The van der Waals surface area contributed by atoms with E-state index in [0.717, 1.165) is 0 Å². The Balaban J connectivity index is 2.51. The van der Waals surface area contributed by atoms with Crippen LogP contribution in [0.2, 0.25) is 5.02 Å². The molecule has 0 bridgehead atoms. The van der Waals surface area contributed by atoms with E-state index in [9.17, 15) is 8.78 Å². The summed E-state index contributed by atoms with van der Waals surface area (Å²) in [5.41, 5.74) is 6.04. The molecule has 0 aliphatic heterocycles. The van der Waals surface area contributed by atoms with Crippen LogP contribution in [0.5, 0.6) is 5.75 Å². The molecule has 0 spiro atoms. The zero-order chi connectivity index (χ0) is 11.0. The molecule has 0 radical (unpaired) electrons. The van der Waals surface area contributed by atoms with E-state index >= 15 is 0 Å². The van der Waals surface area contributed by atoms with Gasteiger partial charge in [0, 0.05) is 6.07 Å². The van der Waals surface area contributed by atoms with Crippen molar-refractivity contribution in [2.45, 2.75) is 6.61 Å². The minimum atomic E-state index is -2.90. The number of aromatic nitrogens is 1. The third-order valence-corrected chi connectivity index (χ3v) is 2.82. The average molecular weight is 251 g/mol. The van der Waals surface area contributed by atoms with Gasteiger partial charge < -0.3 is 10.5 Å². The van der Waals surface area contributed by atoms with Crippen molar-refractivity contribution in [2.24, 2.45) is 0 Å². The molecule has 0 amide bonds. The highest BCUT2D eigenvalue weighted by Gasteiger charge is 2.11. The molecule has 1 aromatic carbocycles. The Hall–Kier alpha value is -1.14. The van der Waals surface area contributed by atoms with Crippen molar-refractivity contribution < 1.29 is 13.5 Å². The molecule has 0 saturated carbocycles. The Morgan fingerprint density at radius 1 is 1.47 bits per heavy atom. The van der Waals surface area contributed by atoms with Gasteiger partial charge in [0.2, 0.25) is 0 Å². The summed E-state index contributed by atoms with van der Waals surface area (Å²) in [6.07, 6.45) is 0. The summed E-state index contributed by atoms with van der Waals surface area (Å²) in [4.78, 5) is 3.96. The van der Waals surface area contributed by atoms with Crippen LogP contribution in [-0.2, 0) is 0 Å². The second-order valence-electron chi connectivity index (χ2n) is 2.68. The third kappa shape index (κ3) is 2.10. The van der Waals surface area contributed by atoms with E-state index in [2.05, 4.69) is 9.72 Å². The van der Waals surface area contributed by atoms with Crippen LogP contribution < -0.4 is 10.5 Å². The topological polar surface area (TPSA) is 48.1 Å². The van der Waals surface area contributed by atoms with Gasteiger partial charge in [-0.05, 0) is 6.07 Å². The number of benzene rings is 1. The number of halogens is 3. The number of thiazole rings is 1. The zero-order valence-electron chi connectivity index (χ0n) is 7.21. The maximum Gasteiger partial charge on any atom is 0.387 e. The number of fused-ring (bicyclic) bond motifs is 1. The molecule has 0 fully saturated rings. The average Bonchev–Trinajstić information content (AvgIpc) is 2.44. The first-order chi connectivity index (χ1) is 7.06. The molecule has 1 aromatic heterocycles. The predicted molar refractivity (Wildman–Crippen MR) is 55.7 cm³/mol. The molecule has 1 heterocycles. The Morgan fingerprint density at radius 2 is 2.20 bits per heavy atom. The molecular formula is C8H5ClF2N2OS. The molecular weight excluding hydrogens is 246 g/mol. The maximum absolute atomic E-state index is 12.0. The highest BCUT2D eigenvalue weighted by molar-refractivity contribution is 7.22. The van der Waals surface area contributed by atoms with Crippen molar-refractivity contribution in [3.8, 4) is 5.75 Å². The molecule has 7 heteroatoms. The first-order valence-corrected chi connectivity index (χ1v) is 5.06. The van der Waals surface area contributed by atoms with Crippen LogP contribution >= 0.6 is 22.9 Å². The third-order valence-electron chi connectivity index (χ3n) is 1.67. The number of hydrogen-bond acceptors (Lipinski definition) is 4. The van der Waals surface area contributed by atoms with Crippen molar-refractivity contribution >= 4 is 38.3 Å². The van der Waals surface area contributed by atoms with E-state index in [0.29, 0.717) is 15.3 Å². The first kappa shape index (κ1) is 10.4. The van der Waals surface area contributed by atoms with E-state index in [1.807, 2.05) is 0 Å². The lowest BCUT2D eigenvalue weighted by Gasteiger charge is -2.05. The summed E-state index contributed by atoms with van der Waals surface area (Å²) in [6, 6.07) is 2.85. The number of nitrogens with two attached hydrogens (primary N) is 1. The van der Waals surface area contributed by atoms with Crippen LogP contribution in [0.3, 0.4) is 0 Å². The zero-order valence-corrected chi connectivity index (χ0v) is 8.78. The van der Waals surface area contributed by atoms with Crippen molar-refractivity contribution in [1.29, 1.82) is 0 Å². The molecule has 2 N–H and O–H groups in total. The van der Waals surface area contributed by atoms with Crippen LogP contribution in [0.4, 0.5) is 13.9 Å². The fourth-order valence-corrected chi connectivity index (χ4v) is 2.08. The van der Waals surface area contributed by atoms with Crippen LogP contribution in [0.1, 0.15) is 0 Å². The number of anilines is 1. The van der Waals surface area contributed by atoms with Gasteiger partial charge in [0.05, 0.1) is 15.2 Å². The van der Waals surface area contributed by atoms with E-state index < -0.39 is 6.61 Å². The molecule has 2 rings (SSSR count). The lowest BCUT2D eigenvalue weighted by molar-refractivity contribution is -0.0496. The number of nitrogen functional groups attached to an aromatic ring is 1. The van der Waals surface area contributed by atoms with Crippen LogP contribution in [0, 0.1) is 0 Å². The highest BCUT2D eigenvalue weighted by Crippen LogP contribution is 2.34. The van der Waals surface area contributed by atoms with E-state index in [-0.39, 0.29) is 10.8 Å². The van der Waals surface area contributed by atoms with Crippen molar-refractivity contribution in [1.82, 2.24) is 4.98 Å². The summed E-state index contributed by atoms with van der Waals surface area (Å²) in [5.74, 6) is -0.0668. The van der Waals surface area contributed by atoms with Gasteiger partial charge >= 0.3 is 6.61 Å². The normalized spacial score (nSPS) is 11.2.